The van der Waals surface area contributed by atoms with E-state index >= 15 is 0 Å². The molecule has 0 rings (SSSR count). The average Bonchev–Trinajstić information content (AvgIpc) is 1.64. The van der Waals surface area contributed by atoms with Gasteiger partial charge in [-0.2, -0.15) is 0 Å². The van der Waals surface area contributed by atoms with E-state index in [2.05, 4.69) is 39.3 Å². The second-order valence-electron chi connectivity index (χ2n) is 2.89. The van der Waals surface area contributed by atoms with Crippen LogP contribution in [-0.4, -0.2) is 31.6 Å². The molecule has 0 aliphatic carbocycles. The van der Waals surface area contributed by atoms with Gasteiger partial charge in [-0.15, -0.1) is 0 Å². The van der Waals surface area contributed by atoms with Gasteiger partial charge >= 0.3 is 0 Å². The summed E-state index contributed by atoms with van der Waals surface area (Å²) in [7, 11) is 5.39. The molecule has 0 unspecified atom stereocenters. The summed E-state index contributed by atoms with van der Waals surface area (Å²) in [5.41, 5.74) is 1.52. The van der Waals surface area contributed by atoms with Gasteiger partial charge in [-0.25, -0.2) is 0 Å². The van der Waals surface area contributed by atoms with Gasteiger partial charge in [0.25, 0.3) is 0 Å². The normalized spacial score (nSPS) is 9.56. The summed E-state index contributed by atoms with van der Waals surface area (Å²) in [6.45, 7) is 6.67. The molecule has 0 aromatic rings. The van der Waals surface area contributed by atoms with Gasteiger partial charge in [0.05, 0.1) is 0 Å². The molecule has 52 valence electrons. The Bertz CT molecular complexity index is 112. The van der Waals surface area contributed by atoms with Crippen LogP contribution in [0, 0.1) is 5.92 Å². The lowest BCUT2D eigenvalue weighted by molar-refractivity contribution is -0.464. The van der Waals surface area contributed by atoms with Gasteiger partial charge < -0.3 is 0 Å². The molecule has 0 aliphatic heterocycles. The van der Waals surface area contributed by atoms with Gasteiger partial charge in [-0.3, -0.25) is 4.58 Å². The van der Waals surface area contributed by atoms with E-state index in [0.717, 1.165) is 0 Å². The molecule has 0 bridgehead atoms. The average molecular weight is 126 g/mol. The molecule has 0 atom stereocenters. The number of nitrogens with zero attached hydrogens (tertiary/aromatic N) is 1. The Hall–Kier alpha value is -0.265. The van der Waals surface area contributed by atoms with Crippen LogP contribution >= 0.6 is 0 Å². The molecule has 0 radical (unpaired) electrons. The van der Waals surface area contributed by atoms with E-state index in [4.69, 9.17) is 0 Å². The van der Waals surface area contributed by atoms with E-state index in [1.54, 1.807) is 0 Å². The summed E-state index contributed by atoms with van der Waals surface area (Å²) < 4.78 is 2.21. The fourth-order valence-corrected chi connectivity index (χ4v) is 1.24. The molecule has 0 aromatic carbocycles. The highest BCUT2D eigenvalue weighted by molar-refractivity contribution is 6.73. The number of hydrogen-bond acceptors (Lipinski definition) is 0. The first kappa shape index (κ1) is 8.73. The summed E-state index contributed by atoms with van der Waals surface area (Å²) in [6, 6.07) is 0. The standard InChI is InChI=1S/C7H17BN/c1-6(2)7(8-3)9(4)5/h6,8H,1-5H3/q+1. The minimum Gasteiger partial charge on any atom is -0.252 e. The third-order valence-corrected chi connectivity index (χ3v) is 1.60. The van der Waals surface area contributed by atoms with Crippen molar-refractivity contribution in [3.8, 4) is 0 Å². The maximum atomic E-state index is 2.23. The van der Waals surface area contributed by atoms with Crippen LogP contribution in [0.5, 0.6) is 0 Å². The van der Waals surface area contributed by atoms with Crippen molar-refractivity contribution in [1.82, 2.24) is 0 Å². The zero-order chi connectivity index (χ0) is 7.44. The third kappa shape index (κ3) is 2.68. The van der Waals surface area contributed by atoms with Gasteiger partial charge in [0, 0.05) is 5.92 Å². The first-order valence-corrected chi connectivity index (χ1v) is 3.62. The zero-order valence-corrected chi connectivity index (χ0v) is 7.23. The molecule has 9 heavy (non-hydrogen) atoms. The van der Waals surface area contributed by atoms with E-state index in [9.17, 15) is 0 Å². The van der Waals surface area contributed by atoms with Crippen molar-refractivity contribution < 1.29 is 4.58 Å². The molecule has 0 aromatic heterocycles. The highest BCUT2D eigenvalue weighted by Gasteiger charge is 2.09. The molecule has 0 spiro atoms. The molecule has 0 amide bonds. The van der Waals surface area contributed by atoms with Gasteiger partial charge in [0.2, 0.25) is 7.28 Å². The van der Waals surface area contributed by atoms with Crippen molar-refractivity contribution in [2.24, 2.45) is 5.92 Å². The summed E-state index contributed by atoms with van der Waals surface area (Å²) in [5, 5.41) is 0. The van der Waals surface area contributed by atoms with E-state index in [0.29, 0.717) is 5.92 Å². The van der Waals surface area contributed by atoms with Crippen LogP contribution in [0.2, 0.25) is 6.82 Å². The Labute approximate surface area is 59.0 Å². The van der Waals surface area contributed by atoms with E-state index in [1.807, 2.05) is 0 Å². The lowest BCUT2D eigenvalue weighted by Gasteiger charge is -2.03. The van der Waals surface area contributed by atoms with E-state index in [-0.39, 0.29) is 0 Å². The van der Waals surface area contributed by atoms with Gasteiger partial charge in [-0.05, 0) is 0 Å². The maximum Gasteiger partial charge on any atom is 0.233 e. The Kier molecular flexibility index (Phi) is 3.59. The topological polar surface area (TPSA) is 3.01 Å². The highest BCUT2D eigenvalue weighted by atomic mass is 14.9. The van der Waals surface area contributed by atoms with Crippen LogP contribution in [0.4, 0.5) is 0 Å². The van der Waals surface area contributed by atoms with Crippen LogP contribution in [0.1, 0.15) is 13.8 Å². The second-order valence-corrected chi connectivity index (χ2v) is 2.89. The molecule has 0 aliphatic rings. The monoisotopic (exact) mass is 126 g/mol. The lowest BCUT2D eigenvalue weighted by atomic mass is 9.70. The fraction of sp³-hybridized carbons (Fsp3) is 0.857. The van der Waals surface area contributed by atoms with Crippen LogP contribution in [0.3, 0.4) is 0 Å². The minimum atomic E-state index is 0.699. The highest BCUT2D eigenvalue weighted by Crippen LogP contribution is 1.93. The molecule has 0 heterocycles. The molecular formula is C7H17BN+. The molecular weight excluding hydrogens is 109 g/mol. The second kappa shape index (κ2) is 3.70. The van der Waals surface area contributed by atoms with Crippen molar-refractivity contribution in [1.29, 1.82) is 0 Å². The van der Waals surface area contributed by atoms with Crippen LogP contribution in [0.25, 0.3) is 0 Å². The minimum absolute atomic E-state index is 0.699. The molecule has 0 fully saturated rings. The molecule has 0 saturated heterocycles. The molecule has 1 nitrogen and oxygen atoms in total. The molecule has 0 saturated carbocycles. The lowest BCUT2D eigenvalue weighted by Crippen LogP contribution is -2.23. The summed E-state index contributed by atoms with van der Waals surface area (Å²) in [6.07, 6.45) is 0. The first-order chi connectivity index (χ1) is 4.09. The summed E-state index contributed by atoms with van der Waals surface area (Å²) >= 11 is 0. The Morgan fingerprint density at radius 2 is 1.78 bits per heavy atom. The van der Waals surface area contributed by atoms with Crippen molar-refractivity contribution in [3.63, 3.8) is 0 Å². The van der Waals surface area contributed by atoms with E-state index in [1.165, 1.54) is 12.9 Å². The van der Waals surface area contributed by atoms with Crippen molar-refractivity contribution in [2.45, 2.75) is 20.7 Å². The van der Waals surface area contributed by atoms with E-state index < -0.39 is 0 Å². The summed E-state index contributed by atoms with van der Waals surface area (Å²) in [4.78, 5) is 0. The number of rotatable bonds is 2. The smallest absolute Gasteiger partial charge is 0.233 e. The molecule has 2 heteroatoms. The fourth-order valence-electron chi connectivity index (χ4n) is 1.24. The SMILES string of the molecule is CBC(C(C)C)=[N+](C)C. The van der Waals surface area contributed by atoms with Gasteiger partial charge in [-0.1, -0.05) is 20.7 Å². The predicted octanol–water partition coefficient (Wildman–Crippen LogP) is 0.798. The van der Waals surface area contributed by atoms with Gasteiger partial charge in [0.15, 0.2) is 0 Å². The predicted molar refractivity (Wildman–Crippen MR) is 45.0 cm³/mol. The van der Waals surface area contributed by atoms with Crippen molar-refractivity contribution in [2.75, 3.05) is 14.1 Å². The van der Waals surface area contributed by atoms with Crippen molar-refractivity contribution >= 4 is 12.9 Å². The van der Waals surface area contributed by atoms with Crippen LogP contribution < -0.4 is 0 Å². The molecule has 0 N–H and O–H groups in total. The Morgan fingerprint density at radius 1 is 1.33 bits per heavy atom. The van der Waals surface area contributed by atoms with Gasteiger partial charge in [0.1, 0.15) is 19.7 Å². The Balaban J connectivity index is 4.16. The third-order valence-electron chi connectivity index (χ3n) is 1.60. The number of hydrogen-bond donors (Lipinski definition) is 0. The van der Waals surface area contributed by atoms with Crippen LogP contribution in [0.15, 0.2) is 0 Å². The maximum absolute atomic E-state index is 2.23. The summed E-state index contributed by atoms with van der Waals surface area (Å²) in [5.74, 6) is 0.699. The van der Waals surface area contributed by atoms with Crippen molar-refractivity contribution in [3.05, 3.63) is 0 Å². The largest absolute Gasteiger partial charge is 0.252 e. The zero-order valence-electron chi connectivity index (χ0n) is 7.23. The van der Waals surface area contributed by atoms with Crippen LogP contribution in [-0.2, 0) is 0 Å². The first-order valence-electron chi connectivity index (χ1n) is 3.62. The quantitative estimate of drug-likeness (QED) is 0.292. The Morgan fingerprint density at radius 3 is 1.78 bits per heavy atom.